The van der Waals surface area contributed by atoms with Crippen LogP contribution in [-0.2, 0) is 13.1 Å². The summed E-state index contributed by atoms with van der Waals surface area (Å²) in [6.07, 6.45) is 9.31. The first-order valence-corrected chi connectivity index (χ1v) is 13.5. The average molecular weight is 579 g/mol. The highest BCUT2D eigenvalue weighted by atomic mass is 19.2. The van der Waals surface area contributed by atoms with Gasteiger partial charge in [0, 0.05) is 35.2 Å². The summed E-state index contributed by atoms with van der Waals surface area (Å²) in [5, 5.41) is 6.59. The minimum atomic E-state index is -1.63. The Kier molecular flexibility index (Phi) is 5.85. The molecule has 4 saturated carbocycles. The Balaban J connectivity index is 1.16. The lowest BCUT2D eigenvalue weighted by Crippen LogP contribution is -2.78. The summed E-state index contributed by atoms with van der Waals surface area (Å²) in [7, 11) is 0. The lowest BCUT2D eigenvalue weighted by molar-refractivity contribution is -0.0155. The van der Waals surface area contributed by atoms with Gasteiger partial charge in [-0.3, -0.25) is 9.36 Å². The first-order valence-electron chi connectivity index (χ1n) is 13.5. The normalized spacial score (nSPS) is 22.3. The quantitative estimate of drug-likeness (QED) is 0.258. The summed E-state index contributed by atoms with van der Waals surface area (Å²) in [6.45, 7) is -0.778. The molecule has 4 aliphatic carbocycles. The predicted octanol–water partition coefficient (Wildman–Crippen LogP) is 2.47. The second kappa shape index (κ2) is 9.39. The van der Waals surface area contributed by atoms with Crippen LogP contribution in [0.15, 0.2) is 57.2 Å². The fraction of sp³-hybridized carbons (Fsp3) is 0.357. The molecule has 0 saturated heterocycles. The van der Waals surface area contributed by atoms with Crippen LogP contribution in [0.3, 0.4) is 0 Å². The smallest absolute Gasteiger partial charge is 0.350 e. The van der Waals surface area contributed by atoms with E-state index in [1.807, 2.05) is 12.4 Å². The summed E-state index contributed by atoms with van der Waals surface area (Å²) in [5.41, 5.74) is -1.74. The maximum Gasteiger partial charge on any atom is 0.355 e. The lowest BCUT2D eigenvalue weighted by atomic mass is 9.44. The van der Waals surface area contributed by atoms with Crippen molar-refractivity contribution in [1.82, 2.24) is 29.1 Å². The number of benzene rings is 1. The van der Waals surface area contributed by atoms with E-state index >= 15 is 0 Å². The van der Waals surface area contributed by atoms with E-state index in [4.69, 9.17) is 0 Å². The van der Waals surface area contributed by atoms with E-state index in [-0.39, 0.29) is 29.2 Å². The maximum absolute atomic E-state index is 14.0. The molecule has 0 amide bonds. The van der Waals surface area contributed by atoms with Gasteiger partial charge in [-0.05, 0) is 67.3 Å². The number of nitrogens with one attached hydrogen (secondary N) is 3. The molecule has 3 aromatic heterocycles. The molecule has 3 N–H and O–H groups in total. The molecular formula is C28H25F3N8O3. The first-order chi connectivity index (χ1) is 20.1. The summed E-state index contributed by atoms with van der Waals surface area (Å²) in [5.74, 6) is -3.46. The van der Waals surface area contributed by atoms with E-state index in [9.17, 15) is 27.6 Å². The van der Waals surface area contributed by atoms with Crippen LogP contribution in [0, 0.1) is 17.5 Å². The van der Waals surface area contributed by atoms with Crippen LogP contribution in [0.25, 0.3) is 0 Å². The van der Waals surface area contributed by atoms with Crippen molar-refractivity contribution in [3.63, 3.8) is 0 Å². The Morgan fingerprint density at radius 1 is 0.929 bits per heavy atom. The molecule has 1 aromatic carbocycles. The molecule has 4 aliphatic rings. The van der Waals surface area contributed by atoms with Gasteiger partial charge < -0.3 is 15.6 Å². The minimum absolute atomic E-state index is 0.0522. The van der Waals surface area contributed by atoms with Gasteiger partial charge in [0.2, 0.25) is 11.9 Å². The van der Waals surface area contributed by atoms with Crippen molar-refractivity contribution >= 4 is 11.9 Å². The second-order valence-corrected chi connectivity index (χ2v) is 11.5. The third-order valence-corrected chi connectivity index (χ3v) is 8.27. The molecule has 3 heterocycles. The molecule has 0 aliphatic heterocycles. The maximum atomic E-state index is 14.0. The van der Waals surface area contributed by atoms with Gasteiger partial charge in [0.25, 0.3) is 5.56 Å². The topological polar surface area (TPSA) is 140 Å². The molecular weight excluding hydrogens is 553 g/mol. The number of pyridine rings is 1. The summed E-state index contributed by atoms with van der Waals surface area (Å²) in [4.78, 5) is 54.3. The number of halogens is 3. The summed E-state index contributed by atoms with van der Waals surface area (Å²) < 4.78 is 43.4. The van der Waals surface area contributed by atoms with Crippen LogP contribution in [0.5, 0.6) is 0 Å². The highest BCUT2D eigenvalue weighted by Gasteiger charge is 2.69. The van der Waals surface area contributed by atoms with Gasteiger partial charge >= 0.3 is 11.4 Å². The van der Waals surface area contributed by atoms with Gasteiger partial charge in [-0.1, -0.05) is 6.07 Å². The van der Waals surface area contributed by atoms with Gasteiger partial charge in [0.15, 0.2) is 17.5 Å². The predicted molar refractivity (Wildman–Crippen MR) is 145 cm³/mol. The zero-order valence-electron chi connectivity index (χ0n) is 22.2. The van der Waals surface area contributed by atoms with Crippen LogP contribution in [-0.4, -0.2) is 40.1 Å². The number of hydrogen-bond donors (Lipinski definition) is 3. The van der Waals surface area contributed by atoms with Crippen molar-refractivity contribution in [2.45, 2.75) is 62.2 Å². The van der Waals surface area contributed by atoms with E-state index in [0.717, 1.165) is 39.7 Å². The zero-order chi connectivity index (χ0) is 29.2. The van der Waals surface area contributed by atoms with Crippen LogP contribution in [0.2, 0.25) is 0 Å². The Bertz CT molecular complexity index is 1860. The number of anilines is 2. The molecule has 0 unspecified atom stereocenters. The number of nitrogens with zero attached hydrogens (tertiary/aromatic N) is 5. The van der Waals surface area contributed by atoms with Crippen LogP contribution < -0.4 is 27.6 Å². The zero-order valence-corrected chi connectivity index (χ0v) is 22.2. The van der Waals surface area contributed by atoms with Crippen molar-refractivity contribution in [3.05, 3.63) is 108 Å². The van der Waals surface area contributed by atoms with Crippen molar-refractivity contribution in [2.24, 2.45) is 0 Å². The Hall–Kier alpha value is -4.75. The van der Waals surface area contributed by atoms with Gasteiger partial charge in [-0.25, -0.2) is 37.3 Å². The van der Waals surface area contributed by atoms with Gasteiger partial charge in [-0.2, -0.15) is 4.98 Å². The number of aromatic amines is 1. The van der Waals surface area contributed by atoms with E-state index in [2.05, 4.69) is 30.6 Å². The Morgan fingerprint density at radius 3 is 2.24 bits per heavy atom. The van der Waals surface area contributed by atoms with Crippen molar-refractivity contribution in [2.75, 3.05) is 10.6 Å². The third-order valence-electron chi connectivity index (χ3n) is 8.27. The van der Waals surface area contributed by atoms with Crippen molar-refractivity contribution in [1.29, 1.82) is 0 Å². The molecule has 2 bridgehead atoms. The van der Waals surface area contributed by atoms with E-state index < -0.39 is 46.5 Å². The largest absolute Gasteiger partial charge is 0.355 e. The molecule has 0 radical (unpaired) electrons. The van der Waals surface area contributed by atoms with E-state index in [0.29, 0.717) is 31.1 Å². The highest BCUT2D eigenvalue weighted by molar-refractivity contribution is 5.49. The number of aromatic nitrogens is 6. The third kappa shape index (κ3) is 4.56. The SMILES string of the molecule is O=c1[nH]cccc1Cn1c(=O)nc(NC23CC(Nc4ncc(C5CC5)cn4)(C2)C3)n(Cc2cc(F)c(F)c(F)c2)c1=O. The lowest BCUT2D eigenvalue weighted by Gasteiger charge is -2.70. The fourth-order valence-corrected chi connectivity index (χ4v) is 6.09. The summed E-state index contributed by atoms with van der Waals surface area (Å²) in [6, 6.07) is 4.57. The molecule has 14 heteroatoms. The average Bonchev–Trinajstić information content (AvgIpc) is 3.77. The highest BCUT2D eigenvalue weighted by Crippen LogP contribution is 2.62. The first kappa shape index (κ1) is 26.2. The molecule has 42 heavy (non-hydrogen) atoms. The number of hydrogen-bond acceptors (Lipinski definition) is 8. The fourth-order valence-electron chi connectivity index (χ4n) is 6.09. The Labute approximate surface area is 235 Å². The molecule has 216 valence electrons. The monoisotopic (exact) mass is 578 g/mol. The van der Waals surface area contributed by atoms with Crippen molar-refractivity contribution < 1.29 is 13.2 Å². The molecule has 11 nitrogen and oxygen atoms in total. The number of rotatable bonds is 9. The standard InChI is InChI=1S/C28H25F3N8O3/c29-19-6-15(7-20(30)21(19)31)10-38-24(35-25(41)39(26(38)42)11-17-2-1-5-32-22(17)40)37-28-12-27(13-28,14-28)36-23-33-8-18(9-34-23)16-3-4-16/h1-2,5-9,16H,3-4,10-14H2,(H,32,40)(H,33,34,36)(H,35,37,41). The van der Waals surface area contributed by atoms with E-state index in [1.165, 1.54) is 12.3 Å². The molecule has 0 atom stereocenters. The molecule has 4 aromatic rings. The van der Waals surface area contributed by atoms with Crippen LogP contribution in [0.1, 0.15) is 54.7 Å². The minimum Gasteiger partial charge on any atom is -0.350 e. The van der Waals surface area contributed by atoms with Crippen LogP contribution >= 0.6 is 0 Å². The van der Waals surface area contributed by atoms with E-state index in [1.54, 1.807) is 6.07 Å². The van der Waals surface area contributed by atoms with Gasteiger partial charge in [0.05, 0.1) is 13.1 Å². The Morgan fingerprint density at radius 2 is 1.60 bits per heavy atom. The molecule has 0 spiro atoms. The molecule has 4 fully saturated rings. The summed E-state index contributed by atoms with van der Waals surface area (Å²) >= 11 is 0. The number of H-pyrrole nitrogens is 1. The van der Waals surface area contributed by atoms with Gasteiger partial charge in [-0.15, -0.1) is 0 Å². The second-order valence-electron chi connectivity index (χ2n) is 11.5. The molecule has 8 rings (SSSR count). The van der Waals surface area contributed by atoms with Crippen molar-refractivity contribution in [3.8, 4) is 0 Å². The van der Waals surface area contributed by atoms with Crippen LogP contribution in [0.4, 0.5) is 25.1 Å². The van der Waals surface area contributed by atoms with Gasteiger partial charge in [0.1, 0.15) is 0 Å².